The van der Waals surface area contributed by atoms with Crippen LogP contribution in [0.2, 0.25) is 0 Å². The van der Waals surface area contributed by atoms with Crippen LogP contribution < -0.4 is 5.73 Å². The van der Waals surface area contributed by atoms with Gasteiger partial charge in [0.05, 0.1) is 0 Å². The van der Waals surface area contributed by atoms with Crippen molar-refractivity contribution in [2.45, 2.75) is 32.2 Å². The van der Waals surface area contributed by atoms with Crippen molar-refractivity contribution in [3.8, 4) is 0 Å². The Morgan fingerprint density at radius 1 is 1.00 bits per heavy atom. The molecule has 0 saturated carbocycles. The highest BCUT2D eigenvalue weighted by molar-refractivity contribution is 5.14. The van der Waals surface area contributed by atoms with Crippen molar-refractivity contribution in [3.63, 3.8) is 0 Å². The second-order valence-corrected chi connectivity index (χ2v) is 5.81. The Morgan fingerprint density at radius 3 is 2.40 bits per heavy atom. The predicted molar refractivity (Wildman–Crippen MR) is 85.7 cm³/mol. The van der Waals surface area contributed by atoms with Gasteiger partial charge in [0, 0.05) is 6.54 Å². The van der Waals surface area contributed by atoms with Crippen LogP contribution in [0.3, 0.4) is 0 Å². The van der Waals surface area contributed by atoms with Gasteiger partial charge in [-0.3, -0.25) is 4.90 Å². The molecular weight excluding hydrogens is 246 g/mol. The lowest BCUT2D eigenvalue weighted by Gasteiger charge is -2.23. The van der Waals surface area contributed by atoms with Gasteiger partial charge in [0.1, 0.15) is 0 Å². The van der Waals surface area contributed by atoms with E-state index in [9.17, 15) is 0 Å². The highest BCUT2D eigenvalue weighted by Gasteiger charge is 2.12. The minimum Gasteiger partial charge on any atom is -0.330 e. The van der Waals surface area contributed by atoms with Crippen LogP contribution in [0.4, 0.5) is 0 Å². The van der Waals surface area contributed by atoms with E-state index in [4.69, 9.17) is 5.73 Å². The molecule has 0 bridgehead atoms. The molecule has 0 spiro atoms. The van der Waals surface area contributed by atoms with E-state index in [0.717, 1.165) is 26.1 Å². The fourth-order valence-corrected chi connectivity index (χ4v) is 2.95. The highest BCUT2D eigenvalue weighted by Crippen LogP contribution is 2.09. The molecule has 0 atom stereocenters. The molecule has 3 nitrogen and oxygen atoms in total. The summed E-state index contributed by atoms with van der Waals surface area (Å²) in [5.41, 5.74) is 7.07. The number of rotatable bonds is 9. The molecule has 3 heteroatoms. The molecule has 0 unspecified atom stereocenters. The van der Waals surface area contributed by atoms with E-state index in [1.54, 1.807) is 0 Å². The Labute approximate surface area is 123 Å². The maximum atomic E-state index is 5.66. The van der Waals surface area contributed by atoms with Gasteiger partial charge in [0.25, 0.3) is 0 Å². The molecule has 2 N–H and O–H groups in total. The first-order chi connectivity index (χ1) is 9.88. The molecular formula is C17H29N3. The smallest absolute Gasteiger partial charge is 0.0233 e. The molecule has 1 aliphatic heterocycles. The quantitative estimate of drug-likeness (QED) is 0.751. The zero-order chi connectivity index (χ0) is 14.0. The predicted octanol–water partition coefficient (Wildman–Crippen LogP) is 2.32. The van der Waals surface area contributed by atoms with Crippen LogP contribution in [0, 0.1) is 0 Å². The first-order valence-electron chi connectivity index (χ1n) is 8.07. The second kappa shape index (κ2) is 9.11. The number of likely N-dealkylation sites (tertiary alicyclic amines) is 1. The molecule has 20 heavy (non-hydrogen) atoms. The maximum absolute atomic E-state index is 5.66. The average Bonchev–Trinajstić information content (AvgIpc) is 2.99. The molecule has 0 radical (unpaired) electrons. The monoisotopic (exact) mass is 275 g/mol. The SMILES string of the molecule is NCCCN(CCCN1CCCC1)Cc1ccccc1. The van der Waals surface area contributed by atoms with Gasteiger partial charge in [-0.05, 0) is 70.5 Å². The summed E-state index contributed by atoms with van der Waals surface area (Å²) in [5.74, 6) is 0. The van der Waals surface area contributed by atoms with Crippen LogP contribution in [-0.2, 0) is 6.54 Å². The molecule has 1 aromatic carbocycles. The van der Waals surface area contributed by atoms with E-state index in [2.05, 4.69) is 40.1 Å². The average molecular weight is 275 g/mol. The number of hydrogen-bond donors (Lipinski definition) is 1. The first-order valence-corrected chi connectivity index (χ1v) is 8.07. The van der Waals surface area contributed by atoms with Crippen molar-refractivity contribution in [1.82, 2.24) is 9.80 Å². The van der Waals surface area contributed by atoms with Crippen molar-refractivity contribution in [2.24, 2.45) is 5.73 Å². The van der Waals surface area contributed by atoms with E-state index in [1.807, 2.05) is 0 Å². The molecule has 112 valence electrons. The van der Waals surface area contributed by atoms with Crippen LogP contribution in [0.5, 0.6) is 0 Å². The van der Waals surface area contributed by atoms with Crippen LogP contribution >= 0.6 is 0 Å². The summed E-state index contributed by atoms with van der Waals surface area (Å²) in [5, 5.41) is 0. The lowest BCUT2D eigenvalue weighted by Crippen LogP contribution is -2.30. The standard InChI is InChI=1S/C17H29N3/c18-10-6-13-20(16-17-8-2-1-3-9-17)15-7-14-19-11-4-5-12-19/h1-3,8-9H,4-7,10-16,18H2. The first kappa shape index (κ1) is 15.5. The van der Waals surface area contributed by atoms with E-state index in [0.29, 0.717) is 0 Å². The number of benzene rings is 1. The van der Waals surface area contributed by atoms with Crippen molar-refractivity contribution in [3.05, 3.63) is 35.9 Å². The molecule has 0 amide bonds. The summed E-state index contributed by atoms with van der Waals surface area (Å²) in [4.78, 5) is 5.15. The molecule has 1 heterocycles. The van der Waals surface area contributed by atoms with Gasteiger partial charge in [-0.15, -0.1) is 0 Å². The summed E-state index contributed by atoms with van der Waals surface area (Å²) in [7, 11) is 0. The topological polar surface area (TPSA) is 32.5 Å². The van der Waals surface area contributed by atoms with E-state index in [1.165, 1.54) is 51.0 Å². The highest BCUT2D eigenvalue weighted by atomic mass is 15.2. The lowest BCUT2D eigenvalue weighted by atomic mass is 10.2. The Morgan fingerprint density at radius 2 is 1.70 bits per heavy atom. The Balaban J connectivity index is 1.74. The van der Waals surface area contributed by atoms with Crippen molar-refractivity contribution in [2.75, 3.05) is 39.3 Å². The molecule has 0 aliphatic carbocycles. The van der Waals surface area contributed by atoms with Gasteiger partial charge >= 0.3 is 0 Å². The number of nitrogens with zero attached hydrogens (tertiary/aromatic N) is 2. The van der Waals surface area contributed by atoms with Crippen molar-refractivity contribution in [1.29, 1.82) is 0 Å². The molecule has 2 rings (SSSR count). The molecule has 1 aliphatic rings. The summed E-state index contributed by atoms with van der Waals surface area (Å²) < 4.78 is 0. The molecule has 0 aromatic heterocycles. The van der Waals surface area contributed by atoms with Gasteiger partial charge < -0.3 is 10.6 Å². The van der Waals surface area contributed by atoms with Crippen LogP contribution in [0.15, 0.2) is 30.3 Å². The van der Waals surface area contributed by atoms with Crippen LogP contribution in [-0.4, -0.2) is 49.1 Å². The zero-order valence-electron chi connectivity index (χ0n) is 12.6. The fraction of sp³-hybridized carbons (Fsp3) is 0.647. The normalized spacial score (nSPS) is 16.1. The van der Waals surface area contributed by atoms with E-state index < -0.39 is 0 Å². The lowest BCUT2D eigenvalue weighted by molar-refractivity contribution is 0.237. The number of nitrogens with two attached hydrogens (primary N) is 1. The van der Waals surface area contributed by atoms with E-state index in [-0.39, 0.29) is 0 Å². The van der Waals surface area contributed by atoms with Crippen LogP contribution in [0.1, 0.15) is 31.2 Å². The zero-order valence-corrected chi connectivity index (χ0v) is 12.6. The van der Waals surface area contributed by atoms with Gasteiger partial charge in [-0.2, -0.15) is 0 Å². The maximum Gasteiger partial charge on any atom is 0.0233 e. The Bertz CT molecular complexity index is 347. The fourth-order valence-electron chi connectivity index (χ4n) is 2.95. The third kappa shape index (κ3) is 5.61. The van der Waals surface area contributed by atoms with Gasteiger partial charge in [-0.1, -0.05) is 30.3 Å². The largest absolute Gasteiger partial charge is 0.330 e. The Kier molecular flexibility index (Phi) is 7.06. The van der Waals surface area contributed by atoms with Gasteiger partial charge in [0.2, 0.25) is 0 Å². The minimum absolute atomic E-state index is 0.789. The van der Waals surface area contributed by atoms with E-state index >= 15 is 0 Å². The molecule has 1 saturated heterocycles. The van der Waals surface area contributed by atoms with Gasteiger partial charge in [-0.25, -0.2) is 0 Å². The van der Waals surface area contributed by atoms with Crippen molar-refractivity contribution < 1.29 is 0 Å². The number of hydrogen-bond acceptors (Lipinski definition) is 3. The summed E-state index contributed by atoms with van der Waals surface area (Å²) in [6.45, 7) is 8.02. The molecule has 1 fully saturated rings. The third-order valence-electron chi connectivity index (χ3n) is 4.07. The summed E-state index contributed by atoms with van der Waals surface area (Å²) in [6.07, 6.45) is 5.15. The third-order valence-corrected chi connectivity index (χ3v) is 4.07. The molecule has 1 aromatic rings. The van der Waals surface area contributed by atoms with Crippen molar-refractivity contribution >= 4 is 0 Å². The second-order valence-electron chi connectivity index (χ2n) is 5.81. The van der Waals surface area contributed by atoms with Gasteiger partial charge in [0.15, 0.2) is 0 Å². The Hall–Kier alpha value is -0.900. The minimum atomic E-state index is 0.789. The summed E-state index contributed by atoms with van der Waals surface area (Å²) >= 11 is 0. The van der Waals surface area contributed by atoms with Crippen LogP contribution in [0.25, 0.3) is 0 Å². The summed E-state index contributed by atoms with van der Waals surface area (Å²) in [6, 6.07) is 10.8.